The van der Waals surface area contributed by atoms with Crippen LogP contribution in [0.2, 0.25) is 0 Å². The van der Waals surface area contributed by atoms with Crippen LogP contribution in [0.3, 0.4) is 0 Å². The minimum atomic E-state index is -1.02. The molecule has 0 aromatic heterocycles. The molecule has 1 aromatic rings. The van der Waals surface area contributed by atoms with Crippen LogP contribution >= 0.6 is 15.9 Å². The number of rotatable bonds is 3. The molecule has 0 bridgehead atoms. The summed E-state index contributed by atoms with van der Waals surface area (Å²) in [5.74, 6) is -2.29. The highest BCUT2D eigenvalue weighted by Gasteiger charge is 2.18. The second kappa shape index (κ2) is 5.39. The Kier molecular flexibility index (Phi) is 4.41. The summed E-state index contributed by atoms with van der Waals surface area (Å²) >= 11 is 3.05. The van der Waals surface area contributed by atoms with Gasteiger partial charge in [0.1, 0.15) is 0 Å². The molecule has 0 saturated carbocycles. The molecule has 0 radical (unpaired) electrons. The maximum atomic E-state index is 13.0. The van der Waals surface area contributed by atoms with E-state index in [9.17, 15) is 13.6 Å². The van der Waals surface area contributed by atoms with Gasteiger partial charge in [-0.25, -0.2) is 8.78 Å². The van der Waals surface area contributed by atoms with Crippen LogP contribution in [0.15, 0.2) is 16.6 Å². The Morgan fingerprint density at radius 2 is 1.75 bits per heavy atom. The summed E-state index contributed by atoms with van der Waals surface area (Å²) in [4.78, 5) is 13.4. The first-order valence-corrected chi connectivity index (χ1v) is 5.74. The second-order valence-corrected chi connectivity index (χ2v) is 4.08. The molecular weight excluding hydrogens is 280 g/mol. The molecule has 1 aromatic carbocycles. The van der Waals surface area contributed by atoms with Gasteiger partial charge in [0.15, 0.2) is 11.6 Å². The smallest absolute Gasteiger partial charge is 0.255 e. The van der Waals surface area contributed by atoms with Crippen LogP contribution in [-0.4, -0.2) is 23.9 Å². The Morgan fingerprint density at radius 1 is 1.25 bits per heavy atom. The van der Waals surface area contributed by atoms with Gasteiger partial charge in [-0.05, 0) is 41.9 Å². The molecule has 0 spiro atoms. The Labute approximate surface area is 101 Å². The SMILES string of the molecule is CCN(CC)C(=O)c1cc(F)c(F)cc1Br. The van der Waals surface area contributed by atoms with Crippen LogP contribution in [0.1, 0.15) is 24.2 Å². The highest BCUT2D eigenvalue weighted by Crippen LogP contribution is 2.22. The van der Waals surface area contributed by atoms with E-state index in [0.29, 0.717) is 13.1 Å². The lowest BCUT2D eigenvalue weighted by Gasteiger charge is -2.19. The first kappa shape index (κ1) is 13.1. The number of carbonyl (C=O) groups is 1. The van der Waals surface area contributed by atoms with Gasteiger partial charge in [-0.1, -0.05) is 0 Å². The molecule has 0 saturated heterocycles. The Bertz CT molecular complexity index is 405. The van der Waals surface area contributed by atoms with E-state index in [0.717, 1.165) is 12.1 Å². The predicted octanol–water partition coefficient (Wildman–Crippen LogP) is 3.21. The lowest BCUT2D eigenvalue weighted by atomic mass is 10.2. The molecule has 0 aliphatic carbocycles. The summed E-state index contributed by atoms with van der Waals surface area (Å²) < 4.78 is 26.1. The Morgan fingerprint density at radius 3 is 2.25 bits per heavy atom. The van der Waals surface area contributed by atoms with Gasteiger partial charge in [0, 0.05) is 17.6 Å². The van der Waals surface area contributed by atoms with E-state index in [1.54, 1.807) is 0 Å². The number of benzene rings is 1. The van der Waals surface area contributed by atoms with Crippen molar-refractivity contribution in [1.29, 1.82) is 0 Å². The zero-order valence-electron chi connectivity index (χ0n) is 9.06. The molecule has 1 rings (SSSR count). The van der Waals surface area contributed by atoms with Gasteiger partial charge in [0.25, 0.3) is 5.91 Å². The van der Waals surface area contributed by atoms with Gasteiger partial charge < -0.3 is 4.90 Å². The van der Waals surface area contributed by atoms with Crippen molar-refractivity contribution in [3.63, 3.8) is 0 Å². The van der Waals surface area contributed by atoms with E-state index in [1.165, 1.54) is 4.90 Å². The third-order valence-corrected chi connectivity index (χ3v) is 2.95. The van der Waals surface area contributed by atoms with Gasteiger partial charge >= 0.3 is 0 Å². The van der Waals surface area contributed by atoms with Crippen molar-refractivity contribution in [1.82, 2.24) is 4.90 Å². The maximum absolute atomic E-state index is 13.0. The van der Waals surface area contributed by atoms with Crippen LogP contribution in [0.5, 0.6) is 0 Å². The zero-order chi connectivity index (χ0) is 12.3. The van der Waals surface area contributed by atoms with Gasteiger partial charge in [-0.2, -0.15) is 0 Å². The third-order valence-electron chi connectivity index (χ3n) is 2.29. The fraction of sp³-hybridized carbons (Fsp3) is 0.364. The molecule has 0 atom stereocenters. The fourth-order valence-corrected chi connectivity index (χ4v) is 1.85. The third kappa shape index (κ3) is 2.58. The van der Waals surface area contributed by atoms with Crippen LogP contribution in [0.25, 0.3) is 0 Å². The topological polar surface area (TPSA) is 20.3 Å². The van der Waals surface area contributed by atoms with E-state index in [4.69, 9.17) is 0 Å². The molecule has 0 N–H and O–H groups in total. The minimum absolute atomic E-state index is 0.141. The summed E-state index contributed by atoms with van der Waals surface area (Å²) in [6.45, 7) is 4.71. The van der Waals surface area contributed by atoms with E-state index >= 15 is 0 Å². The summed E-state index contributed by atoms with van der Waals surface area (Å²) in [5.41, 5.74) is 0.141. The van der Waals surface area contributed by atoms with E-state index in [-0.39, 0.29) is 15.9 Å². The predicted molar refractivity (Wildman–Crippen MR) is 61.3 cm³/mol. The molecule has 0 fully saturated rings. The molecule has 0 aliphatic heterocycles. The standard InChI is InChI=1S/C11H12BrF2NO/c1-3-15(4-2)11(16)7-5-9(13)10(14)6-8(7)12/h5-6H,3-4H2,1-2H3. The van der Waals surface area contributed by atoms with Crippen molar-refractivity contribution in [2.45, 2.75) is 13.8 Å². The molecule has 0 aliphatic rings. The number of carbonyl (C=O) groups excluding carboxylic acids is 1. The zero-order valence-corrected chi connectivity index (χ0v) is 10.6. The van der Waals surface area contributed by atoms with Crippen molar-refractivity contribution < 1.29 is 13.6 Å². The number of hydrogen-bond donors (Lipinski definition) is 0. The quantitative estimate of drug-likeness (QED) is 0.783. The van der Waals surface area contributed by atoms with Gasteiger partial charge in [0.2, 0.25) is 0 Å². The molecule has 1 amide bonds. The van der Waals surface area contributed by atoms with Crippen molar-refractivity contribution in [3.05, 3.63) is 33.8 Å². The van der Waals surface area contributed by atoms with E-state index < -0.39 is 11.6 Å². The first-order valence-electron chi connectivity index (χ1n) is 4.95. The number of amides is 1. The van der Waals surface area contributed by atoms with Crippen molar-refractivity contribution in [3.8, 4) is 0 Å². The number of halogens is 3. The highest BCUT2D eigenvalue weighted by atomic mass is 79.9. The largest absolute Gasteiger partial charge is 0.339 e. The summed E-state index contributed by atoms with van der Waals surface area (Å²) in [7, 11) is 0. The van der Waals surface area contributed by atoms with Gasteiger partial charge in [-0.15, -0.1) is 0 Å². The van der Waals surface area contributed by atoms with Crippen LogP contribution in [-0.2, 0) is 0 Å². The minimum Gasteiger partial charge on any atom is -0.339 e. The average Bonchev–Trinajstić information content (AvgIpc) is 2.25. The van der Waals surface area contributed by atoms with Crippen molar-refractivity contribution in [2.75, 3.05) is 13.1 Å². The van der Waals surface area contributed by atoms with Crippen LogP contribution in [0, 0.1) is 11.6 Å². The monoisotopic (exact) mass is 291 g/mol. The van der Waals surface area contributed by atoms with Crippen molar-refractivity contribution in [2.24, 2.45) is 0 Å². The van der Waals surface area contributed by atoms with E-state index in [2.05, 4.69) is 15.9 Å². The average molecular weight is 292 g/mol. The normalized spacial score (nSPS) is 10.3. The molecule has 0 unspecified atom stereocenters. The Balaban J connectivity index is 3.13. The Hall–Kier alpha value is -0.970. The van der Waals surface area contributed by atoms with Crippen LogP contribution in [0.4, 0.5) is 8.78 Å². The maximum Gasteiger partial charge on any atom is 0.255 e. The van der Waals surface area contributed by atoms with E-state index in [1.807, 2.05) is 13.8 Å². The summed E-state index contributed by atoms with van der Waals surface area (Å²) in [6.07, 6.45) is 0. The van der Waals surface area contributed by atoms with Crippen LogP contribution < -0.4 is 0 Å². The second-order valence-electron chi connectivity index (χ2n) is 3.22. The molecule has 88 valence electrons. The summed E-state index contributed by atoms with van der Waals surface area (Å²) in [6, 6.07) is 1.88. The molecule has 5 heteroatoms. The number of nitrogens with zero attached hydrogens (tertiary/aromatic N) is 1. The first-order chi connectivity index (χ1) is 7.51. The lowest BCUT2D eigenvalue weighted by molar-refractivity contribution is 0.0771. The molecule has 16 heavy (non-hydrogen) atoms. The van der Waals surface area contributed by atoms with Gasteiger partial charge in [-0.3, -0.25) is 4.79 Å². The molecular formula is C11H12BrF2NO. The highest BCUT2D eigenvalue weighted by molar-refractivity contribution is 9.10. The van der Waals surface area contributed by atoms with Gasteiger partial charge in [0.05, 0.1) is 5.56 Å². The van der Waals surface area contributed by atoms with Crippen molar-refractivity contribution >= 4 is 21.8 Å². The fourth-order valence-electron chi connectivity index (χ4n) is 1.37. The molecule has 0 heterocycles. The number of hydrogen-bond acceptors (Lipinski definition) is 1. The molecule has 2 nitrogen and oxygen atoms in total. The summed E-state index contributed by atoms with van der Waals surface area (Å²) in [5, 5.41) is 0. The lowest BCUT2D eigenvalue weighted by Crippen LogP contribution is -2.30.